The molecule has 0 N–H and O–H groups in total. The lowest BCUT2D eigenvalue weighted by molar-refractivity contribution is 0.0655. The minimum absolute atomic E-state index is 0.00880. The first-order valence-corrected chi connectivity index (χ1v) is 6.37. The maximum atomic E-state index is 13.3. The second kappa shape index (κ2) is 5.61. The fourth-order valence-electron chi connectivity index (χ4n) is 2.50. The van der Waals surface area contributed by atoms with Crippen molar-refractivity contribution in [2.24, 2.45) is 0 Å². The average molecular weight is 251 g/mol. The summed E-state index contributed by atoms with van der Waals surface area (Å²) in [5.41, 5.74) is 0.778. The predicted octanol–water partition coefficient (Wildman–Crippen LogP) is 3.44. The van der Waals surface area contributed by atoms with Gasteiger partial charge in [-0.1, -0.05) is 19.9 Å². The van der Waals surface area contributed by atoms with Gasteiger partial charge in [-0.15, -0.1) is 0 Å². The molecule has 0 aliphatic rings. The third kappa shape index (κ3) is 2.46. The number of carbonyl (C=O) groups is 1. The standard InChI is InChI=1S/C15H22FNO/c1-6-15(7-2,17(4)5)14(18)13-10-12(16)9-8-11(13)3/h8-10H,6-7H2,1-5H3. The third-order valence-electron chi connectivity index (χ3n) is 3.89. The second-order valence-electron chi connectivity index (χ2n) is 4.92. The Hall–Kier alpha value is -1.22. The Bertz CT molecular complexity index is 436. The van der Waals surface area contributed by atoms with E-state index in [1.165, 1.54) is 12.1 Å². The first kappa shape index (κ1) is 14.8. The molecule has 0 aliphatic heterocycles. The highest BCUT2D eigenvalue weighted by Crippen LogP contribution is 2.28. The van der Waals surface area contributed by atoms with Crippen LogP contribution < -0.4 is 0 Å². The summed E-state index contributed by atoms with van der Waals surface area (Å²) in [6.45, 7) is 5.84. The number of carbonyl (C=O) groups excluding carboxylic acids is 1. The first-order valence-electron chi connectivity index (χ1n) is 6.37. The van der Waals surface area contributed by atoms with Crippen molar-refractivity contribution in [2.45, 2.75) is 39.2 Å². The highest BCUT2D eigenvalue weighted by atomic mass is 19.1. The lowest BCUT2D eigenvalue weighted by Crippen LogP contribution is -2.50. The van der Waals surface area contributed by atoms with Gasteiger partial charge in [0.15, 0.2) is 5.78 Å². The number of hydrogen-bond donors (Lipinski definition) is 0. The van der Waals surface area contributed by atoms with Gasteiger partial charge in [-0.3, -0.25) is 9.69 Å². The first-order chi connectivity index (χ1) is 8.39. The van der Waals surface area contributed by atoms with Crippen LogP contribution in [0.1, 0.15) is 42.6 Å². The molecule has 0 saturated heterocycles. The van der Waals surface area contributed by atoms with Crippen LogP contribution in [0.25, 0.3) is 0 Å². The van der Waals surface area contributed by atoms with Gasteiger partial charge in [-0.05, 0) is 51.6 Å². The fourth-order valence-corrected chi connectivity index (χ4v) is 2.50. The van der Waals surface area contributed by atoms with Crippen LogP contribution in [0.3, 0.4) is 0 Å². The predicted molar refractivity (Wildman–Crippen MR) is 72.5 cm³/mol. The van der Waals surface area contributed by atoms with Crippen molar-refractivity contribution < 1.29 is 9.18 Å². The Morgan fingerprint density at radius 1 is 1.28 bits per heavy atom. The van der Waals surface area contributed by atoms with Gasteiger partial charge in [0, 0.05) is 5.56 Å². The van der Waals surface area contributed by atoms with E-state index in [-0.39, 0.29) is 11.6 Å². The second-order valence-corrected chi connectivity index (χ2v) is 4.92. The van der Waals surface area contributed by atoms with Crippen LogP contribution in [-0.4, -0.2) is 30.3 Å². The van der Waals surface area contributed by atoms with E-state index in [4.69, 9.17) is 0 Å². The molecule has 0 amide bonds. The van der Waals surface area contributed by atoms with E-state index in [0.29, 0.717) is 18.4 Å². The van der Waals surface area contributed by atoms with Crippen LogP contribution in [0, 0.1) is 12.7 Å². The van der Waals surface area contributed by atoms with Gasteiger partial charge in [0.25, 0.3) is 0 Å². The quantitative estimate of drug-likeness (QED) is 0.747. The Kier molecular flexibility index (Phi) is 4.63. The van der Waals surface area contributed by atoms with Gasteiger partial charge in [-0.25, -0.2) is 4.39 Å². The number of halogens is 1. The highest BCUT2D eigenvalue weighted by Gasteiger charge is 2.38. The maximum absolute atomic E-state index is 13.3. The number of ketones is 1. The largest absolute Gasteiger partial charge is 0.297 e. The fraction of sp³-hybridized carbons (Fsp3) is 0.533. The zero-order valence-corrected chi connectivity index (χ0v) is 11.9. The van der Waals surface area contributed by atoms with Gasteiger partial charge >= 0.3 is 0 Å². The zero-order valence-electron chi connectivity index (χ0n) is 11.9. The van der Waals surface area contributed by atoms with Crippen LogP contribution in [-0.2, 0) is 0 Å². The lowest BCUT2D eigenvalue weighted by Gasteiger charge is -2.37. The van der Waals surface area contributed by atoms with E-state index >= 15 is 0 Å². The molecule has 0 aromatic heterocycles. The van der Waals surface area contributed by atoms with Crippen molar-refractivity contribution in [2.75, 3.05) is 14.1 Å². The lowest BCUT2D eigenvalue weighted by atomic mass is 9.82. The van der Waals surface area contributed by atoms with Gasteiger partial charge in [-0.2, -0.15) is 0 Å². The summed E-state index contributed by atoms with van der Waals surface area (Å²) in [6.07, 6.45) is 1.43. The molecular weight excluding hydrogens is 229 g/mol. The molecule has 0 radical (unpaired) electrons. The summed E-state index contributed by atoms with van der Waals surface area (Å²) >= 11 is 0. The normalized spacial score (nSPS) is 11.9. The Balaban J connectivity index is 3.30. The van der Waals surface area contributed by atoms with Crippen LogP contribution in [0.4, 0.5) is 4.39 Å². The molecule has 1 aromatic rings. The van der Waals surface area contributed by atoms with Crippen molar-refractivity contribution in [3.05, 3.63) is 35.1 Å². The molecule has 0 unspecified atom stereocenters. The molecule has 0 saturated carbocycles. The third-order valence-corrected chi connectivity index (χ3v) is 3.89. The van der Waals surface area contributed by atoms with E-state index < -0.39 is 5.54 Å². The van der Waals surface area contributed by atoms with Gasteiger partial charge in [0.1, 0.15) is 5.82 Å². The number of hydrogen-bond acceptors (Lipinski definition) is 2. The Morgan fingerprint density at radius 3 is 2.28 bits per heavy atom. The highest BCUT2D eigenvalue weighted by molar-refractivity contribution is 6.04. The Labute approximate surface area is 109 Å². The molecule has 3 heteroatoms. The molecule has 18 heavy (non-hydrogen) atoms. The molecule has 0 spiro atoms. The van der Waals surface area contributed by atoms with Gasteiger partial charge in [0.05, 0.1) is 5.54 Å². The number of rotatable bonds is 5. The van der Waals surface area contributed by atoms with E-state index in [1.807, 2.05) is 39.8 Å². The van der Waals surface area contributed by atoms with Gasteiger partial charge in [0.2, 0.25) is 0 Å². The van der Waals surface area contributed by atoms with E-state index in [2.05, 4.69) is 0 Å². The monoisotopic (exact) mass is 251 g/mol. The molecule has 100 valence electrons. The minimum atomic E-state index is -0.543. The number of nitrogens with zero attached hydrogens (tertiary/aromatic N) is 1. The smallest absolute Gasteiger partial charge is 0.183 e. The molecule has 0 fully saturated rings. The molecule has 0 heterocycles. The zero-order chi connectivity index (χ0) is 13.9. The molecule has 1 aromatic carbocycles. The molecule has 1 rings (SSSR count). The maximum Gasteiger partial charge on any atom is 0.183 e. The molecule has 0 aliphatic carbocycles. The van der Waals surface area contributed by atoms with Crippen molar-refractivity contribution in [3.8, 4) is 0 Å². The number of likely N-dealkylation sites (N-methyl/N-ethyl adjacent to an activating group) is 1. The van der Waals surface area contributed by atoms with Crippen molar-refractivity contribution in [1.82, 2.24) is 4.90 Å². The van der Waals surface area contributed by atoms with Crippen LogP contribution >= 0.6 is 0 Å². The van der Waals surface area contributed by atoms with Gasteiger partial charge < -0.3 is 0 Å². The summed E-state index contributed by atoms with van der Waals surface area (Å²) in [7, 11) is 3.80. The number of benzene rings is 1. The molecule has 2 nitrogen and oxygen atoms in total. The SMILES string of the molecule is CCC(CC)(C(=O)c1cc(F)ccc1C)N(C)C. The van der Waals surface area contributed by atoms with Crippen molar-refractivity contribution in [3.63, 3.8) is 0 Å². The minimum Gasteiger partial charge on any atom is -0.297 e. The van der Waals surface area contributed by atoms with Crippen LogP contribution in [0.15, 0.2) is 18.2 Å². The van der Waals surface area contributed by atoms with Crippen LogP contribution in [0.5, 0.6) is 0 Å². The molecule has 0 atom stereocenters. The summed E-state index contributed by atoms with van der Waals surface area (Å²) in [5.74, 6) is -0.349. The summed E-state index contributed by atoms with van der Waals surface area (Å²) in [4.78, 5) is 14.7. The van der Waals surface area contributed by atoms with E-state index in [1.54, 1.807) is 6.07 Å². The Morgan fingerprint density at radius 2 is 1.83 bits per heavy atom. The molecular formula is C15H22FNO. The summed E-state index contributed by atoms with van der Waals surface area (Å²) in [6, 6.07) is 4.40. The number of aryl methyl sites for hydroxylation is 1. The topological polar surface area (TPSA) is 20.3 Å². The van der Waals surface area contributed by atoms with E-state index in [9.17, 15) is 9.18 Å². The van der Waals surface area contributed by atoms with Crippen molar-refractivity contribution >= 4 is 5.78 Å². The van der Waals surface area contributed by atoms with E-state index in [0.717, 1.165) is 5.56 Å². The van der Waals surface area contributed by atoms with Crippen molar-refractivity contribution in [1.29, 1.82) is 0 Å². The van der Waals surface area contributed by atoms with Crippen LogP contribution in [0.2, 0.25) is 0 Å². The summed E-state index contributed by atoms with van der Waals surface area (Å²) < 4.78 is 13.3. The molecule has 0 bridgehead atoms. The summed E-state index contributed by atoms with van der Waals surface area (Å²) in [5, 5.41) is 0. The average Bonchev–Trinajstić information content (AvgIpc) is 2.34. The number of Topliss-reactive ketones (excluding diaryl/α,β-unsaturated/α-hetero) is 1.